The predicted octanol–water partition coefficient (Wildman–Crippen LogP) is 4.74. The van der Waals surface area contributed by atoms with E-state index in [0.29, 0.717) is 32.3 Å². The zero-order valence-electron chi connectivity index (χ0n) is 11.9. The number of fused-ring (bicyclic) bond motifs is 1. The van der Waals surface area contributed by atoms with Gasteiger partial charge in [0.2, 0.25) is 5.43 Å². The highest BCUT2D eigenvalue weighted by Gasteiger charge is 2.16. The molecule has 0 atom stereocenters. The van der Waals surface area contributed by atoms with Crippen molar-refractivity contribution in [1.29, 1.82) is 0 Å². The van der Waals surface area contributed by atoms with Crippen molar-refractivity contribution in [1.82, 2.24) is 0 Å². The number of rotatable bonds is 2. The molecule has 2 aromatic carbocycles. The number of hydrogen-bond donors (Lipinski definition) is 0. The average Bonchev–Trinajstić information content (AvgIpc) is 2.54. The maximum Gasteiger partial charge on any atom is 0.344 e. The van der Waals surface area contributed by atoms with Gasteiger partial charge in [-0.2, -0.15) is 0 Å². The summed E-state index contributed by atoms with van der Waals surface area (Å²) in [5, 5.41) is 0.352. The Kier molecular flexibility index (Phi) is 4.24. The van der Waals surface area contributed by atoms with Crippen molar-refractivity contribution in [2.75, 3.05) is 0 Å². The SMILES string of the molecule is Cc1c(OC(=O)c2ccccc2Br)ccc2c(=O)c(Cl)coc12. The van der Waals surface area contributed by atoms with E-state index in [2.05, 4.69) is 15.9 Å². The van der Waals surface area contributed by atoms with Crippen LogP contribution in [0.2, 0.25) is 5.02 Å². The van der Waals surface area contributed by atoms with Gasteiger partial charge in [0.1, 0.15) is 22.6 Å². The zero-order valence-corrected chi connectivity index (χ0v) is 14.3. The highest BCUT2D eigenvalue weighted by Crippen LogP contribution is 2.28. The van der Waals surface area contributed by atoms with Crippen LogP contribution in [0.4, 0.5) is 0 Å². The van der Waals surface area contributed by atoms with Gasteiger partial charge >= 0.3 is 5.97 Å². The van der Waals surface area contributed by atoms with Crippen molar-refractivity contribution in [3.8, 4) is 5.75 Å². The van der Waals surface area contributed by atoms with E-state index >= 15 is 0 Å². The molecule has 0 saturated heterocycles. The lowest BCUT2D eigenvalue weighted by Gasteiger charge is -2.10. The molecule has 0 aliphatic rings. The summed E-state index contributed by atoms with van der Waals surface area (Å²) in [4.78, 5) is 24.3. The molecular weight excluding hydrogens is 384 g/mol. The largest absolute Gasteiger partial charge is 0.462 e. The minimum atomic E-state index is -0.503. The molecule has 1 heterocycles. The van der Waals surface area contributed by atoms with E-state index < -0.39 is 5.97 Å². The van der Waals surface area contributed by atoms with E-state index in [0.717, 1.165) is 0 Å². The van der Waals surface area contributed by atoms with Gasteiger partial charge in [-0.1, -0.05) is 23.7 Å². The smallest absolute Gasteiger partial charge is 0.344 e. The number of esters is 1. The molecule has 0 amide bonds. The van der Waals surface area contributed by atoms with Crippen LogP contribution in [-0.2, 0) is 0 Å². The van der Waals surface area contributed by atoms with Crippen LogP contribution in [0.3, 0.4) is 0 Å². The van der Waals surface area contributed by atoms with E-state index in [1.807, 2.05) is 0 Å². The molecule has 116 valence electrons. The molecule has 4 nitrogen and oxygen atoms in total. The summed E-state index contributed by atoms with van der Waals surface area (Å²) in [7, 11) is 0. The van der Waals surface area contributed by atoms with Gasteiger partial charge < -0.3 is 9.15 Å². The van der Waals surface area contributed by atoms with Gasteiger partial charge in [-0.05, 0) is 47.1 Å². The predicted molar refractivity (Wildman–Crippen MR) is 91.3 cm³/mol. The molecule has 0 radical (unpaired) electrons. The Morgan fingerprint density at radius 3 is 2.70 bits per heavy atom. The number of carbonyl (C=O) groups is 1. The molecule has 23 heavy (non-hydrogen) atoms. The van der Waals surface area contributed by atoms with Crippen LogP contribution in [0.1, 0.15) is 15.9 Å². The number of benzene rings is 2. The monoisotopic (exact) mass is 392 g/mol. The second kappa shape index (κ2) is 6.18. The summed E-state index contributed by atoms with van der Waals surface area (Å²) in [6, 6.07) is 10.0. The summed E-state index contributed by atoms with van der Waals surface area (Å²) in [6.45, 7) is 1.71. The molecule has 0 N–H and O–H groups in total. The lowest BCUT2D eigenvalue weighted by Crippen LogP contribution is -2.10. The first-order chi connectivity index (χ1) is 11.0. The Morgan fingerprint density at radius 1 is 1.22 bits per heavy atom. The number of carbonyl (C=O) groups excluding carboxylic acids is 1. The number of hydrogen-bond acceptors (Lipinski definition) is 4. The topological polar surface area (TPSA) is 56.5 Å². The molecule has 3 rings (SSSR count). The summed E-state index contributed by atoms with van der Waals surface area (Å²) in [6.07, 6.45) is 1.18. The lowest BCUT2D eigenvalue weighted by atomic mass is 10.1. The Morgan fingerprint density at radius 2 is 1.96 bits per heavy atom. The fourth-order valence-corrected chi connectivity index (χ4v) is 2.78. The summed E-state index contributed by atoms with van der Waals surface area (Å²) >= 11 is 9.08. The first kappa shape index (κ1) is 15.8. The van der Waals surface area contributed by atoms with Crippen molar-refractivity contribution in [3.05, 3.63) is 73.5 Å². The van der Waals surface area contributed by atoms with Crippen molar-refractivity contribution in [3.63, 3.8) is 0 Å². The van der Waals surface area contributed by atoms with Gasteiger partial charge in [0.25, 0.3) is 0 Å². The molecule has 1 aromatic heterocycles. The fraction of sp³-hybridized carbons (Fsp3) is 0.0588. The van der Waals surface area contributed by atoms with Crippen LogP contribution in [0.5, 0.6) is 5.75 Å². The standard InChI is InChI=1S/C17H10BrClO4/c1-9-14(23-17(21)10-4-2-3-5-12(10)18)7-6-11-15(20)13(19)8-22-16(9)11/h2-8H,1H3. The second-order valence-electron chi connectivity index (χ2n) is 4.85. The Labute approximate surface area is 144 Å². The molecule has 0 aliphatic carbocycles. The highest BCUT2D eigenvalue weighted by atomic mass is 79.9. The van der Waals surface area contributed by atoms with Crippen LogP contribution in [0, 0.1) is 6.92 Å². The maximum atomic E-state index is 12.3. The first-order valence-corrected chi connectivity index (χ1v) is 7.83. The molecule has 3 aromatic rings. The number of ether oxygens (including phenoxy) is 1. The zero-order chi connectivity index (χ0) is 16.6. The third-order valence-electron chi connectivity index (χ3n) is 3.39. The number of aryl methyl sites for hydroxylation is 1. The van der Waals surface area contributed by atoms with E-state index in [1.54, 1.807) is 37.3 Å². The van der Waals surface area contributed by atoms with E-state index in [9.17, 15) is 9.59 Å². The van der Waals surface area contributed by atoms with Gasteiger partial charge in [0.15, 0.2) is 0 Å². The average molecular weight is 394 g/mol. The third-order valence-corrected chi connectivity index (χ3v) is 4.35. The van der Waals surface area contributed by atoms with Gasteiger partial charge in [0, 0.05) is 10.0 Å². The molecule has 0 bridgehead atoms. The van der Waals surface area contributed by atoms with Gasteiger partial charge in [-0.15, -0.1) is 0 Å². The molecule has 0 fully saturated rings. The third kappa shape index (κ3) is 2.90. The van der Waals surface area contributed by atoms with Gasteiger partial charge in [-0.3, -0.25) is 4.79 Å². The second-order valence-corrected chi connectivity index (χ2v) is 6.11. The highest BCUT2D eigenvalue weighted by molar-refractivity contribution is 9.10. The fourth-order valence-electron chi connectivity index (χ4n) is 2.19. The minimum Gasteiger partial charge on any atom is -0.462 e. The lowest BCUT2D eigenvalue weighted by molar-refractivity contribution is 0.0733. The molecule has 0 unspecified atom stereocenters. The van der Waals surface area contributed by atoms with E-state index in [4.69, 9.17) is 20.8 Å². The molecular formula is C17H10BrClO4. The maximum absolute atomic E-state index is 12.3. The molecule has 0 spiro atoms. The van der Waals surface area contributed by atoms with Crippen molar-refractivity contribution in [2.24, 2.45) is 0 Å². The van der Waals surface area contributed by atoms with Crippen molar-refractivity contribution in [2.45, 2.75) is 6.92 Å². The number of halogens is 2. The molecule has 6 heteroatoms. The van der Waals surface area contributed by atoms with E-state index in [1.165, 1.54) is 12.3 Å². The van der Waals surface area contributed by atoms with Crippen LogP contribution in [0.25, 0.3) is 11.0 Å². The quantitative estimate of drug-likeness (QED) is 0.466. The van der Waals surface area contributed by atoms with Gasteiger partial charge in [0.05, 0.1) is 10.9 Å². The summed E-state index contributed by atoms with van der Waals surface area (Å²) in [5.74, 6) is -0.181. The first-order valence-electron chi connectivity index (χ1n) is 6.66. The minimum absolute atomic E-state index is 0.00913. The molecule has 0 saturated carbocycles. The van der Waals surface area contributed by atoms with Crippen molar-refractivity contribution < 1.29 is 13.9 Å². The van der Waals surface area contributed by atoms with E-state index in [-0.39, 0.29) is 10.5 Å². The van der Waals surface area contributed by atoms with Crippen LogP contribution in [0.15, 0.2) is 56.3 Å². The Bertz CT molecular complexity index is 978. The normalized spacial score (nSPS) is 10.7. The summed E-state index contributed by atoms with van der Waals surface area (Å²) < 4.78 is 11.4. The molecule has 0 aliphatic heterocycles. The van der Waals surface area contributed by atoms with Crippen LogP contribution >= 0.6 is 27.5 Å². The van der Waals surface area contributed by atoms with Crippen LogP contribution < -0.4 is 10.2 Å². The van der Waals surface area contributed by atoms with Crippen LogP contribution in [-0.4, -0.2) is 5.97 Å². The van der Waals surface area contributed by atoms with Crippen molar-refractivity contribution >= 4 is 44.5 Å². The Balaban J connectivity index is 2.03. The van der Waals surface area contributed by atoms with Gasteiger partial charge in [-0.25, -0.2) is 4.79 Å². The Hall–Kier alpha value is -2.11. The summed E-state index contributed by atoms with van der Waals surface area (Å²) in [5.41, 5.74) is 0.984.